The Morgan fingerprint density at radius 1 is 1.19 bits per heavy atom. The van der Waals surface area contributed by atoms with Crippen LogP contribution >= 0.6 is 27.5 Å². The first-order chi connectivity index (χ1) is 9.83. The third-order valence-electron chi connectivity index (χ3n) is 2.64. The van der Waals surface area contributed by atoms with E-state index in [1.165, 1.54) is 19.2 Å². The molecule has 8 heteroatoms. The molecule has 0 aromatic heterocycles. The van der Waals surface area contributed by atoms with E-state index >= 15 is 0 Å². The molecule has 5 nitrogen and oxygen atoms in total. The monoisotopic (exact) mass is 390 g/mol. The van der Waals surface area contributed by atoms with Gasteiger partial charge in [0.15, 0.2) is 0 Å². The third-order valence-corrected chi connectivity index (χ3v) is 4.88. The SMILES string of the molecule is CNS(=O)(=O)c1cc(N)ccc1Oc1cc(Br)ccc1Cl. The summed E-state index contributed by atoms with van der Waals surface area (Å²) in [5, 5.41) is 0.364. The van der Waals surface area contributed by atoms with Crippen molar-refractivity contribution in [1.29, 1.82) is 0 Å². The summed E-state index contributed by atoms with van der Waals surface area (Å²) in [6.07, 6.45) is 0. The average molecular weight is 392 g/mol. The second kappa shape index (κ2) is 6.23. The van der Waals surface area contributed by atoms with Crippen LogP contribution in [0.15, 0.2) is 45.8 Å². The lowest BCUT2D eigenvalue weighted by Crippen LogP contribution is -2.19. The molecule has 0 spiro atoms. The van der Waals surface area contributed by atoms with E-state index < -0.39 is 10.0 Å². The summed E-state index contributed by atoms with van der Waals surface area (Å²) >= 11 is 9.35. The topological polar surface area (TPSA) is 81.4 Å². The van der Waals surface area contributed by atoms with Crippen molar-refractivity contribution in [3.8, 4) is 11.5 Å². The number of sulfonamides is 1. The molecule has 0 aliphatic carbocycles. The Kier molecular flexibility index (Phi) is 4.77. The quantitative estimate of drug-likeness (QED) is 0.783. The number of rotatable bonds is 4. The predicted octanol–water partition coefficient (Wildman–Crippen LogP) is 3.39. The molecule has 0 saturated heterocycles. The van der Waals surface area contributed by atoms with Crippen molar-refractivity contribution in [3.05, 3.63) is 45.9 Å². The van der Waals surface area contributed by atoms with Gasteiger partial charge < -0.3 is 10.5 Å². The number of hydrogen-bond acceptors (Lipinski definition) is 4. The Morgan fingerprint density at radius 2 is 1.90 bits per heavy atom. The van der Waals surface area contributed by atoms with Crippen LogP contribution in [0.3, 0.4) is 0 Å². The number of nitrogens with one attached hydrogen (secondary N) is 1. The summed E-state index contributed by atoms with van der Waals surface area (Å²) in [6, 6.07) is 9.40. The van der Waals surface area contributed by atoms with Crippen LogP contribution in [-0.2, 0) is 10.0 Å². The summed E-state index contributed by atoms with van der Waals surface area (Å²) < 4.78 is 32.7. The second-order valence-corrected chi connectivity index (χ2v) is 7.27. The van der Waals surface area contributed by atoms with Crippen LogP contribution in [0.1, 0.15) is 0 Å². The number of halogens is 2. The fourth-order valence-electron chi connectivity index (χ4n) is 1.60. The smallest absolute Gasteiger partial charge is 0.244 e. The summed E-state index contributed by atoms with van der Waals surface area (Å²) in [5.74, 6) is 0.474. The Bertz CT molecular complexity index is 781. The first-order valence-corrected chi connectivity index (χ1v) is 8.45. The normalized spacial score (nSPS) is 11.4. The maximum atomic E-state index is 12.0. The summed E-state index contributed by atoms with van der Waals surface area (Å²) in [7, 11) is -2.39. The highest BCUT2D eigenvalue weighted by molar-refractivity contribution is 9.10. The molecule has 0 amide bonds. The summed E-state index contributed by atoms with van der Waals surface area (Å²) in [5.41, 5.74) is 5.96. The largest absolute Gasteiger partial charge is 0.454 e. The molecule has 2 rings (SSSR count). The van der Waals surface area contributed by atoms with Gasteiger partial charge >= 0.3 is 0 Å². The minimum Gasteiger partial charge on any atom is -0.454 e. The van der Waals surface area contributed by atoms with Gasteiger partial charge in [-0.05, 0) is 43.4 Å². The van der Waals surface area contributed by atoms with Gasteiger partial charge in [0.2, 0.25) is 10.0 Å². The number of nitrogen functional groups attached to an aromatic ring is 1. The fourth-order valence-corrected chi connectivity index (χ4v) is 2.98. The molecule has 0 aliphatic heterocycles. The van der Waals surface area contributed by atoms with Gasteiger partial charge in [0.1, 0.15) is 16.4 Å². The molecule has 3 N–H and O–H groups in total. The lowest BCUT2D eigenvalue weighted by Gasteiger charge is -2.13. The molecule has 0 unspecified atom stereocenters. The predicted molar refractivity (Wildman–Crippen MR) is 86.3 cm³/mol. The van der Waals surface area contributed by atoms with Gasteiger partial charge in [-0.1, -0.05) is 27.5 Å². The van der Waals surface area contributed by atoms with E-state index in [2.05, 4.69) is 20.7 Å². The first kappa shape index (κ1) is 16.1. The van der Waals surface area contributed by atoms with Crippen molar-refractivity contribution >= 4 is 43.2 Å². The molecule has 112 valence electrons. The van der Waals surface area contributed by atoms with Crippen molar-refractivity contribution in [2.75, 3.05) is 12.8 Å². The van der Waals surface area contributed by atoms with Crippen molar-refractivity contribution in [1.82, 2.24) is 4.72 Å². The molecule has 0 aliphatic rings. The fraction of sp³-hybridized carbons (Fsp3) is 0.0769. The molecule has 0 heterocycles. The van der Waals surface area contributed by atoms with Crippen LogP contribution in [0.25, 0.3) is 0 Å². The zero-order valence-corrected chi connectivity index (χ0v) is 14.1. The minimum absolute atomic E-state index is 0.0546. The number of nitrogens with two attached hydrogens (primary N) is 1. The molecular formula is C13H12BrClN2O3S. The number of benzene rings is 2. The highest BCUT2D eigenvalue weighted by atomic mass is 79.9. The molecule has 0 bridgehead atoms. The average Bonchev–Trinajstić information content (AvgIpc) is 2.44. The van der Waals surface area contributed by atoms with Crippen molar-refractivity contribution in [3.63, 3.8) is 0 Å². The Morgan fingerprint density at radius 3 is 2.57 bits per heavy atom. The minimum atomic E-state index is -3.70. The molecular weight excluding hydrogens is 380 g/mol. The van der Waals surface area contributed by atoms with Crippen molar-refractivity contribution < 1.29 is 13.2 Å². The van der Waals surface area contributed by atoms with E-state index in [0.717, 1.165) is 4.47 Å². The van der Waals surface area contributed by atoms with E-state index in [4.69, 9.17) is 22.1 Å². The maximum Gasteiger partial charge on any atom is 0.244 e. The highest BCUT2D eigenvalue weighted by Gasteiger charge is 2.19. The molecule has 2 aromatic rings. The Labute approximate surface area is 136 Å². The van der Waals surface area contributed by atoms with E-state index in [-0.39, 0.29) is 10.6 Å². The lowest BCUT2D eigenvalue weighted by atomic mass is 10.3. The summed E-state index contributed by atoms with van der Waals surface area (Å²) in [6.45, 7) is 0. The van der Waals surface area contributed by atoms with Crippen LogP contribution in [0.5, 0.6) is 11.5 Å². The standard InChI is InChI=1S/C13H12BrClN2O3S/c1-17-21(18,19)13-7-9(16)3-5-11(13)20-12-6-8(14)2-4-10(12)15/h2-7,17H,16H2,1H3. The lowest BCUT2D eigenvalue weighted by molar-refractivity contribution is 0.467. The third kappa shape index (κ3) is 3.68. The molecule has 2 aromatic carbocycles. The van der Waals surface area contributed by atoms with Gasteiger partial charge in [-0.25, -0.2) is 13.1 Å². The van der Waals surface area contributed by atoms with Crippen LogP contribution < -0.4 is 15.2 Å². The molecule has 0 atom stereocenters. The summed E-state index contributed by atoms with van der Waals surface area (Å²) in [4.78, 5) is -0.0546. The van der Waals surface area contributed by atoms with Gasteiger partial charge in [-0.15, -0.1) is 0 Å². The van der Waals surface area contributed by atoms with E-state index in [9.17, 15) is 8.42 Å². The maximum absolute atomic E-state index is 12.0. The van der Waals surface area contributed by atoms with Crippen molar-refractivity contribution in [2.24, 2.45) is 0 Å². The van der Waals surface area contributed by atoms with Crippen molar-refractivity contribution in [2.45, 2.75) is 4.90 Å². The van der Waals surface area contributed by atoms with E-state index in [1.807, 2.05) is 0 Å². The second-order valence-electron chi connectivity index (χ2n) is 4.09. The number of ether oxygens (including phenoxy) is 1. The molecule has 0 fully saturated rings. The van der Waals surface area contributed by atoms with Crippen LogP contribution in [0.2, 0.25) is 5.02 Å². The van der Waals surface area contributed by atoms with Gasteiger partial charge in [0, 0.05) is 10.2 Å². The van der Waals surface area contributed by atoms with E-state index in [0.29, 0.717) is 16.5 Å². The van der Waals surface area contributed by atoms with Gasteiger partial charge in [-0.3, -0.25) is 0 Å². The van der Waals surface area contributed by atoms with Crippen LogP contribution in [-0.4, -0.2) is 15.5 Å². The number of anilines is 1. The molecule has 0 saturated carbocycles. The van der Waals surface area contributed by atoms with Gasteiger partial charge in [0.05, 0.1) is 5.02 Å². The van der Waals surface area contributed by atoms with Crippen LogP contribution in [0, 0.1) is 0 Å². The molecule has 21 heavy (non-hydrogen) atoms. The number of hydrogen-bond donors (Lipinski definition) is 2. The van der Waals surface area contributed by atoms with Gasteiger partial charge in [-0.2, -0.15) is 0 Å². The highest BCUT2D eigenvalue weighted by Crippen LogP contribution is 2.35. The van der Waals surface area contributed by atoms with Crippen LogP contribution in [0.4, 0.5) is 5.69 Å². The Balaban J connectivity index is 2.52. The zero-order chi connectivity index (χ0) is 15.6. The zero-order valence-electron chi connectivity index (χ0n) is 10.9. The Hall–Kier alpha value is -1.28. The van der Waals surface area contributed by atoms with Gasteiger partial charge in [0.25, 0.3) is 0 Å². The molecule has 0 radical (unpaired) electrons. The van der Waals surface area contributed by atoms with E-state index in [1.54, 1.807) is 24.3 Å². The first-order valence-electron chi connectivity index (χ1n) is 5.79.